The number of carboxylic acids is 1. The number of carboxylic acid groups (broad SMARTS) is 1. The summed E-state index contributed by atoms with van der Waals surface area (Å²) in [7, 11) is 3.51. The highest BCUT2D eigenvalue weighted by Gasteiger charge is 2.19. The van der Waals surface area contributed by atoms with Crippen LogP contribution in [0.3, 0.4) is 0 Å². The Morgan fingerprint density at radius 1 is 1.53 bits per heavy atom. The van der Waals surface area contributed by atoms with Gasteiger partial charge in [-0.3, -0.25) is 9.69 Å². The largest absolute Gasteiger partial charge is 0.480 e. The molecule has 1 rings (SSSR count). The molecular weight excluding hydrogens is 214 g/mol. The van der Waals surface area contributed by atoms with E-state index in [1.54, 1.807) is 31.1 Å². The van der Waals surface area contributed by atoms with Crippen molar-refractivity contribution in [2.45, 2.75) is 12.5 Å². The quantitative estimate of drug-likeness (QED) is 0.854. The predicted octanol–water partition coefficient (Wildman–Crippen LogP) is 1.90. The fraction of sp³-hybridized carbons (Fsp3) is 0.364. The second kappa shape index (κ2) is 5.14. The fourth-order valence-corrected chi connectivity index (χ4v) is 1.59. The molecule has 4 heteroatoms. The summed E-state index contributed by atoms with van der Waals surface area (Å²) in [5.74, 6) is -0.819. The van der Waals surface area contributed by atoms with E-state index in [9.17, 15) is 4.79 Å². The van der Waals surface area contributed by atoms with Crippen LogP contribution in [0.4, 0.5) is 0 Å². The highest BCUT2D eigenvalue weighted by Crippen LogP contribution is 2.13. The SMILES string of the molecule is CN(C)[C@@H](Cc1cccc(Cl)c1)C(=O)O. The third-order valence-corrected chi connectivity index (χ3v) is 2.46. The van der Waals surface area contributed by atoms with Gasteiger partial charge in [-0.05, 0) is 38.2 Å². The van der Waals surface area contributed by atoms with Crippen LogP contribution in [0.1, 0.15) is 5.56 Å². The lowest BCUT2D eigenvalue weighted by molar-refractivity contribution is -0.142. The van der Waals surface area contributed by atoms with Gasteiger partial charge >= 0.3 is 5.97 Å². The van der Waals surface area contributed by atoms with Crippen LogP contribution in [0.15, 0.2) is 24.3 Å². The van der Waals surface area contributed by atoms with Gasteiger partial charge in [0.1, 0.15) is 6.04 Å². The Kier molecular flexibility index (Phi) is 4.12. The first-order chi connectivity index (χ1) is 7.00. The molecule has 0 saturated carbocycles. The van der Waals surface area contributed by atoms with E-state index in [0.29, 0.717) is 11.4 Å². The molecule has 1 atom stereocenters. The number of hydrogen-bond acceptors (Lipinski definition) is 2. The molecule has 1 aromatic carbocycles. The van der Waals surface area contributed by atoms with Gasteiger partial charge in [-0.15, -0.1) is 0 Å². The first-order valence-electron chi connectivity index (χ1n) is 4.64. The van der Waals surface area contributed by atoms with E-state index in [1.165, 1.54) is 0 Å². The van der Waals surface area contributed by atoms with E-state index in [4.69, 9.17) is 16.7 Å². The van der Waals surface area contributed by atoms with Gasteiger partial charge in [0.25, 0.3) is 0 Å². The number of hydrogen-bond donors (Lipinski definition) is 1. The predicted molar refractivity (Wildman–Crippen MR) is 60.3 cm³/mol. The van der Waals surface area contributed by atoms with Gasteiger partial charge in [0.05, 0.1) is 0 Å². The van der Waals surface area contributed by atoms with Crippen LogP contribution in [0.5, 0.6) is 0 Å². The van der Waals surface area contributed by atoms with Crippen LogP contribution in [0.2, 0.25) is 5.02 Å². The maximum Gasteiger partial charge on any atom is 0.321 e. The molecule has 3 nitrogen and oxygen atoms in total. The summed E-state index contributed by atoms with van der Waals surface area (Å²) < 4.78 is 0. The number of rotatable bonds is 4. The Morgan fingerprint density at radius 2 is 2.20 bits per heavy atom. The average Bonchev–Trinajstić information content (AvgIpc) is 2.13. The Bertz CT molecular complexity index is 352. The Hall–Kier alpha value is -1.06. The van der Waals surface area contributed by atoms with Crippen LogP contribution in [-0.4, -0.2) is 36.1 Å². The molecular formula is C11H14ClNO2. The number of carbonyl (C=O) groups is 1. The molecule has 0 aromatic heterocycles. The third kappa shape index (κ3) is 3.53. The van der Waals surface area contributed by atoms with Gasteiger partial charge in [-0.2, -0.15) is 0 Å². The van der Waals surface area contributed by atoms with Crippen LogP contribution >= 0.6 is 11.6 Å². The Balaban J connectivity index is 2.79. The van der Waals surface area contributed by atoms with Crippen molar-refractivity contribution in [1.29, 1.82) is 0 Å². The van der Waals surface area contributed by atoms with Gasteiger partial charge in [0, 0.05) is 5.02 Å². The molecule has 0 aliphatic carbocycles. The van der Waals surface area contributed by atoms with Gasteiger partial charge in [0.15, 0.2) is 0 Å². The zero-order valence-electron chi connectivity index (χ0n) is 8.77. The number of likely N-dealkylation sites (N-methyl/N-ethyl adjacent to an activating group) is 1. The lowest BCUT2D eigenvalue weighted by atomic mass is 10.1. The summed E-state index contributed by atoms with van der Waals surface area (Å²) in [6.07, 6.45) is 0.461. The first-order valence-corrected chi connectivity index (χ1v) is 5.02. The highest BCUT2D eigenvalue weighted by molar-refractivity contribution is 6.30. The van der Waals surface area contributed by atoms with Gasteiger partial charge in [0.2, 0.25) is 0 Å². The maximum atomic E-state index is 11.0. The minimum atomic E-state index is -0.819. The Labute approximate surface area is 94.3 Å². The van der Waals surface area contributed by atoms with Crippen molar-refractivity contribution < 1.29 is 9.90 Å². The van der Waals surface area contributed by atoms with E-state index in [0.717, 1.165) is 5.56 Å². The van der Waals surface area contributed by atoms with Crippen LogP contribution in [-0.2, 0) is 11.2 Å². The number of nitrogens with zero attached hydrogens (tertiary/aromatic N) is 1. The van der Waals surface area contributed by atoms with E-state index in [-0.39, 0.29) is 0 Å². The van der Waals surface area contributed by atoms with Crippen molar-refractivity contribution in [2.75, 3.05) is 14.1 Å². The molecule has 0 unspecified atom stereocenters. The number of aliphatic carboxylic acids is 1. The maximum absolute atomic E-state index is 11.0. The number of halogens is 1. The van der Waals surface area contributed by atoms with Crippen molar-refractivity contribution >= 4 is 17.6 Å². The van der Waals surface area contributed by atoms with Crippen molar-refractivity contribution in [1.82, 2.24) is 4.90 Å². The molecule has 0 fully saturated rings. The fourth-order valence-electron chi connectivity index (χ4n) is 1.38. The lowest BCUT2D eigenvalue weighted by Gasteiger charge is -2.19. The molecule has 0 bridgehead atoms. The summed E-state index contributed by atoms with van der Waals surface area (Å²) in [6.45, 7) is 0. The standard InChI is InChI=1S/C11H14ClNO2/c1-13(2)10(11(14)15)7-8-4-3-5-9(12)6-8/h3-6,10H,7H2,1-2H3,(H,14,15)/t10-/m0/s1. The summed E-state index contributed by atoms with van der Waals surface area (Å²) in [6, 6.07) is 6.76. The first kappa shape index (κ1) is 12.0. The summed E-state index contributed by atoms with van der Waals surface area (Å²) >= 11 is 5.83. The normalized spacial score (nSPS) is 12.8. The minimum Gasteiger partial charge on any atom is -0.480 e. The van der Waals surface area contributed by atoms with E-state index >= 15 is 0 Å². The summed E-state index contributed by atoms with van der Waals surface area (Å²) in [5.41, 5.74) is 0.934. The minimum absolute atomic E-state index is 0.461. The molecule has 0 aliphatic heterocycles. The molecule has 1 N–H and O–H groups in total. The molecule has 0 heterocycles. The topological polar surface area (TPSA) is 40.5 Å². The van der Waals surface area contributed by atoms with E-state index in [1.807, 2.05) is 12.1 Å². The second-order valence-corrected chi connectivity index (χ2v) is 4.09. The highest BCUT2D eigenvalue weighted by atomic mass is 35.5. The van der Waals surface area contributed by atoms with Gasteiger partial charge in [-0.25, -0.2) is 0 Å². The van der Waals surface area contributed by atoms with Crippen LogP contribution in [0.25, 0.3) is 0 Å². The van der Waals surface area contributed by atoms with Crippen molar-refractivity contribution in [3.8, 4) is 0 Å². The zero-order chi connectivity index (χ0) is 11.4. The number of benzene rings is 1. The van der Waals surface area contributed by atoms with E-state index in [2.05, 4.69) is 0 Å². The van der Waals surface area contributed by atoms with Gasteiger partial charge < -0.3 is 5.11 Å². The molecule has 0 spiro atoms. The smallest absolute Gasteiger partial charge is 0.321 e. The third-order valence-electron chi connectivity index (χ3n) is 2.23. The van der Waals surface area contributed by atoms with Crippen molar-refractivity contribution in [3.05, 3.63) is 34.9 Å². The molecule has 15 heavy (non-hydrogen) atoms. The van der Waals surface area contributed by atoms with Crippen molar-refractivity contribution in [3.63, 3.8) is 0 Å². The monoisotopic (exact) mass is 227 g/mol. The average molecular weight is 228 g/mol. The van der Waals surface area contributed by atoms with E-state index < -0.39 is 12.0 Å². The van der Waals surface area contributed by atoms with Gasteiger partial charge in [-0.1, -0.05) is 23.7 Å². The summed E-state index contributed by atoms with van der Waals surface area (Å²) in [5, 5.41) is 9.63. The van der Waals surface area contributed by atoms with Crippen molar-refractivity contribution in [2.24, 2.45) is 0 Å². The summed E-state index contributed by atoms with van der Waals surface area (Å²) in [4.78, 5) is 12.6. The molecule has 0 amide bonds. The lowest BCUT2D eigenvalue weighted by Crippen LogP contribution is -2.37. The molecule has 1 aromatic rings. The van der Waals surface area contributed by atoms with Crippen LogP contribution in [0, 0.1) is 0 Å². The zero-order valence-corrected chi connectivity index (χ0v) is 9.53. The molecule has 0 saturated heterocycles. The molecule has 0 aliphatic rings. The van der Waals surface area contributed by atoms with Crippen LogP contribution < -0.4 is 0 Å². The molecule has 0 radical (unpaired) electrons. The second-order valence-electron chi connectivity index (χ2n) is 3.65. The Morgan fingerprint density at radius 3 is 2.67 bits per heavy atom. The molecule has 82 valence electrons.